The molecule has 21 heavy (non-hydrogen) atoms. The molecule has 0 spiro atoms. The summed E-state index contributed by atoms with van der Waals surface area (Å²) >= 11 is 0. The lowest BCUT2D eigenvalue weighted by Gasteiger charge is -2.31. The SMILES string of the molecule is N#Cc1ccc(N2CCNCC2)cc1CN1CCNCC1. The van der Waals surface area contributed by atoms with E-state index in [1.807, 2.05) is 6.07 Å². The molecule has 5 heteroatoms. The van der Waals surface area contributed by atoms with Crippen LogP contribution < -0.4 is 15.5 Å². The predicted molar refractivity (Wildman–Crippen MR) is 84.4 cm³/mol. The molecule has 0 unspecified atom stereocenters. The lowest BCUT2D eigenvalue weighted by atomic mass is 10.1. The molecule has 2 aliphatic heterocycles. The predicted octanol–water partition coefficient (Wildman–Crippen LogP) is 0.373. The van der Waals surface area contributed by atoms with Crippen LogP contribution >= 0.6 is 0 Å². The van der Waals surface area contributed by atoms with Crippen molar-refractivity contribution in [3.05, 3.63) is 29.3 Å². The van der Waals surface area contributed by atoms with Gasteiger partial charge in [0.05, 0.1) is 11.6 Å². The van der Waals surface area contributed by atoms with Crippen LogP contribution in [0.2, 0.25) is 0 Å². The van der Waals surface area contributed by atoms with E-state index in [-0.39, 0.29) is 0 Å². The summed E-state index contributed by atoms with van der Waals surface area (Å²) in [4.78, 5) is 4.83. The molecule has 0 aliphatic carbocycles. The van der Waals surface area contributed by atoms with E-state index >= 15 is 0 Å². The molecule has 0 atom stereocenters. The Kier molecular flexibility index (Phi) is 4.71. The molecule has 2 fully saturated rings. The Labute approximate surface area is 126 Å². The first kappa shape index (κ1) is 14.3. The minimum absolute atomic E-state index is 0.812. The maximum atomic E-state index is 9.34. The standard InChI is InChI=1S/C16H23N5/c17-12-14-1-2-16(21-9-5-19-6-10-21)11-15(14)13-20-7-3-18-4-8-20/h1-2,11,18-19H,3-10,13H2. The Hall–Kier alpha value is -1.61. The number of nitriles is 1. The summed E-state index contributed by atoms with van der Waals surface area (Å²) in [5.41, 5.74) is 3.23. The van der Waals surface area contributed by atoms with Crippen molar-refractivity contribution < 1.29 is 0 Å². The van der Waals surface area contributed by atoms with Crippen LogP contribution in [0.25, 0.3) is 0 Å². The summed E-state index contributed by atoms with van der Waals surface area (Å²) in [6, 6.07) is 8.63. The van der Waals surface area contributed by atoms with E-state index in [0.717, 1.165) is 70.0 Å². The summed E-state index contributed by atoms with van der Waals surface area (Å²) in [6.45, 7) is 9.23. The number of benzene rings is 1. The Morgan fingerprint density at radius 1 is 1.00 bits per heavy atom. The van der Waals surface area contributed by atoms with Gasteiger partial charge in [-0.1, -0.05) is 0 Å². The van der Waals surface area contributed by atoms with Crippen molar-refractivity contribution in [1.82, 2.24) is 15.5 Å². The maximum Gasteiger partial charge on any atom is 0.0995 e. The average Bonchev–Trinajstić information content (AvgIpc) is 2.56. The molecule has 0 amide bonds. The highest BCUT2D eigenvalue weighted by molar-refractivity contribution is 5.54. The van der Waals surface area contributed by atoms with Crippen molar-refractivity contribution in [1.29, 1.82) is 5.26 Å². The van der Waals surface area contributed by atoms with Crippen molar-refractivity contribution in [2.75, 3.05) is 57.3 Å². The van der Waals surface area contributed by atoms with Crippen LogP contribution in [0.15, 0.2) is 18.2 Å². The zero-order chi connectivity index (χ0) is 14.5. The van der Waals surface area contributed by atoms with Gasteiger partial charge in [-0.15, -0.1) is 0 Å². The topological polar surface area (TPSA) is 54.3 Å². The number of anilines is 1. The van der Waals surface area contributed by atoms with Gasteiger partial charge in [0.15, 0.2) is 0 Å². The fraction of sp³-hybridized carbons (Fsp3) is 0.562. The molecule has 0 saturated carbocycles. The highest BCUT2D eigenvalue weighted by atomic mass is 15.2. The summed E-state index contributed by atoms with van der Waals surface area (Å²) < 4.78 is 0. The van der Waals surface area contributed by atoms with Crippen LogP contribution in [0.4, 0.5) is 5.69 Å². The minimum atomic E-state index is 0.812. The number of nitrogens with one attached hydrogen (secondary N) is 2. The molecule has 0 aromatic heterocycles. The van der Waals surface area contributed by atoms with Gasteiger partial charge in [-0.25, -0.2) is 0 Å². The van der Waals surface area contributed by atoms with Crippen LogP contribution in [0, 0.1) is 11.3 Å². The summed E-state index contributed by atoms with van der Waals surface area (Å²) in [5.74, 6) is 0. The summed E-state index contributed by atoms with van der Waals surface area (Å²) in [7, 11) is 0. The maximum absolute atomic E-state index is 9.34. The van der Waals surface area contributed by atoms with Gasteiger partial charge in [-0.3, -0.25) is 4.90 Å². The Bertz CT molecular complexity index is 510. The highest BCUT2D eigenvalue weighted by Crippen LogP contribution is 2.21. The Morgan fingerprint density at radius 2 is 1.67 bits per heavy atom. The van der Waals surface area contributed by atoms with Crippen molar-refractivity contribution in [3.63, 3.8) is 0 Å². The van der Waals surface area contributed by atoms with Gasteiger partial charge in [0.2, 0.25) is 0 Å². The molecule has 2 aliphatic rings. The quantitative estimate of drug-likeness (QED) is 0.840. The molecule has 2 N–H and O–H groups in total. The number of nitrogens with zero attached hydrogens (tertiary/aromatic N) is 3. The second kappa shape index (κ2) is 6.90. The van der Waals surface area contributed by atoms with Gasteiger partial charge >= 0.3 is 0 Å². The van der Waals surface area contributed by atoms with Crippen LogP contribution in [0.3, 0.4) is 0 Å². The first-order valence-electron chi connectivity index (χ1n) is 7.78. The van der Waals surface area contributed by atoms with Crippen LogP contribution in [0.5, 0.6) is 0 Å². The average molecular weight is 285 g/mol. The number of piperazine rings is 2. The van der Waals surface area contributed by atoms with Gasteiger partial charge in [0.25, 0.3) is 0 Å². The summed E-state index contributed by atoms with van der Waals surface area (Å²) in [5, 5.41) is 16.1. The van der Waals surface area contributed by atoms with E-state index in [9.17, 15) is 5.26 Å². The van der Waals surface area contributed by atoms with E-state index < -0.39 is 0 Å². The monoisotopic (exact) mass is 285 g/mol. The normalized spacial score (nSPS) is 20.2. The van der Waals surface area contributed by atoms with Crippen molar-refractivity contribution in [2.45, 2.75) is 6.54 Å². The van der Waals surface area contributed by atoms with Crippen molar-refractivity contribution >= 4 is 5.69 Å². The molecular formula is C16H23N5. The van der Waals surface area contributed by atoms with Crippen LogP contribution in [-0.2, 0) is 6.54 Å². The van der Waals surface area contributed by atoms with E-state index in [1.165, 1.54) is 5.69 Å². The molecule has 2 saturated heterocycles. The fourth-order valence-corrected chi connectivity index (χ4v) is 3.05. The smallest absolute Gasteiger partial charge is 0.0995 e. The molecule has 1 aromatic rings. The Balaban J connectivity index is 1.77. The zero-order valence-electron chi connectivity index (χ0n) is 12.4. The molecule has 3 rings (SSSR count). The number of rotatable bonds is 3. The second-order valence-electron chi connectivity index (χ2n) is 5.72. The van der Waals surface area contributed by atoms with E-state index in [2.05, 4.69) is 38.6 Å². The van der Waals surface area contributed by atoms with Gasteiger partial charge in [-0.2, -0.15) is 5.26 Å². The fourth-order valence-electron chi connectivity index (χ4n) is 3.05. The largest absolute Gasteiger partial charge is 0.369 e. The number of hydrogen-bond acceptors (Lipinski definition) is 5. The molecular weight excluding hydrogens is 262 g/mol. The molecule has 0 bridgehead atoms. The third-order valence-corrected chi connectivity index (χ3v) is 4.29. The lowest BCUT2D eigenvalue weighted by molar-refractivity contribution is 0.233. The first-order valence-corrected chi connectivity index (χ1v) is 7.78. The van der Waals surface area contributed by atoms with Crippen LogP contribution in [-0.4, -0.2) is 57.3 Å². The lowest BCUT2D eigenvalue weighted by Crippen LogP contribution is -2.44. The van der Waals surface area contributed by atoms with Crippen molar-refractivity contribution in [2.24, 2.45) is 0 Å². The van der Waals surface area contributed by atoms with Gasteiger partial charge in [0, 0.05) is 64.6 Å². The molecule has 0 radical (unpaired) electrons. The van der Waals surface area contributed by atoms with E-state index in [4.69, 9.17) is 0 Å². The Morgan fingerprint density at radius 3 is 2.33 bits per heavy atom. The van der Waals surface area contributed by atoms with E-state index in [0.29, 0.717) is 0 Å². The molecule has 1 aromatic carbocycles. The highest BCUT2D eigenvalue weighted by Gasteiger charge is 2.15. The third kappa shape index (κ3) is 3.53. The summed E-state index contributed by atoms with van der Waals surface area (Å²) in [6.07, 6.45) is 0. The molecule has 5 nitrogen and oxygen atoms in total. The molecule has 112 valence electrons. The first-order chi connectivity index (χ1) is 10.4. The number of hydrogen-bond donors (Lipinski definition) is 2. The van der Waals surface area contributed by atoms with Gasteiger partial charge in [0.1, 0.15) is 0 Å². The molecule has 2 heterocycles. The zero-order valence-corrected chi connectivity index (χ0v) is 12.4. The second-order valence-corrected chi connectivity index (χ2v) is 5.72. The minimum Gasteiger partial charge on any atom is -0.369 e. The van der Waals surface area contributed by atoms with Gasteiger partial charge < -0.3 is 15.5 Å². The van der Waals surface area contributed by atoms with Crippen molar-refractivity contribution in [3.8, 4) is 6.07 Å². The van der Waals surface area contributed by atoms with Gasteiger partial charge in [-0.05, 0) is 23.8 Å². The van der Waals surface area contributed by atoms with Crippen LogP contribution in [0.1, 0.15) is 11.1 Å². The third-order valence-electron chi connectivity index (χ3n) is 4.29. The van der Waals surface area contributed by atoms with E-state index in [1.54, 1.807) is 0 Å².